The first-order valence-corrected chi connectivity index (χ1v) is 11.0. The van der Waals surface area contributed by atoms with Crippen molar-refractivity contribution >= 4 is 33.2 Å². The standard InChI is InChI=1S/C21H27ClN2O3S/c1-14(2)17(5)23-21(25)13-24(19-9-6-15(3)16(4)12-19)28(26,27)20-10-7-18(22)8-11-20/h6-12,14,17H,13H2,1-5H3,(H,23,25)/t17-/m1/s1. The molecule has 5 nitrogen and oxygen atoms in total. The van der Waals surface area contributed by atoms with E-state index in [1.165, 1.54) is 24.3 Å². The highest BCUT2D eigenvalue weighted by atomic mass is 35.5. The Balaban J connectivity index is 2.44. The largest absolute Gasteiger partial charge is 0.352 e. The summed E-state index contributed by atoms with van der Waals surface area (Å²) in [6, 6.07) is 11.2. The molecular weight excluding hydrogens is 396 g/mol. The van der Waals surface area contributed by atoms with E-state index in [1.807, 2.05) is 40.7 Å². The fourth-order valence-corrected chi connectivity index (χ4v) is 4.07. The summed E-state index contributed by atoms with van der Waals surface area (Å²) < 4.78 is 27.7. The van der Waals surface area contributed by atoms with Crippen LogP contribution < -0.4 is 9.62 Å². The molecule has 0 heterocycles. The number of rotatable bonds is 7. The van der Waals surface area contributed by atoms with Gasteiger partial charge in [-0.05, 0) is 74.2 Å². The Bertz CT molecular complexity index is 941. The van der Waals surface area contributed by atoms with Gasteiger partial charge in [0.1, 0.15) is 6.54 Å². The molecule has 0 aliphatic heterocycles. The average Bonchev–Trinajstić information content (AvgIpc) is 2.62. The zero-order valence-corrected chi connectivity index (χ0v) is 18.4. The molecule has 0 fully saturated rings. The van der Waals surface area contributed by atoms with Crippen molar-refractivity contribution in [1.29, 1.82) is 0 Å². The Morgan fingerprint density at radius 2 is 1.64 bits per heavy atom. The number of halogens is 1. The molecule has 28 heavy (non-hydrogen) atoms. The molecule has 1 amide bonds. The fraction of sp³-hybridized carbons (Fsp3) is 0.381. The maximum absolute atomic E-state index is 13.3. The average molecular weight is 423 g/mol. The lowest BCUT2D eigenvalue weighted by Gasteiger charge is -2.26. The lowest BCUT2D eigenvalue weighted by atomic mass is 10.1. The molecule has 7 heteroatoms. The molecule has 2 aromatic rings. The van der Waals surface area contributed by atoms with Crippen LogP contribution in [0.25, 0.3) is 0 Å². The van der Waals surface area contributed by atoms with Gasteiger partial charge in [-0.25, -0.2) is 8.42 Å². The number of sulfonamides is 1. The summed E-state index contributed by atoms with van der Waals surface area (Å²) in [5.41, 5.74) is 2.45. The van der Waals surface area contributed by atoms with Crippen molar-refractivity contribution in [3.8, 4) is 0 Å². The summed E-state index contributed by atoms with van der Waals surface area (Å²) in [5, 5.41) is 3.32. The highest BCUT2D eigenvalue weighted by Gasteiger charge is 2.28. The van der Waals surface area contributed by atoms with Gasteiger partial charge in [0.25, 0.3) is 10.0 Å². The zero-order valence-electron chi connectivity index (χ0n) is 16.9. The molecule has 1 N–H and O–H groups in total. The molecule has 0 spiro atoms. The van der Waals surface area contributed by atoms with E-state index in [-0.39, 0.29) is 29.3 Å². The molecule has 152 valence electrons. The van der Waals surface area contributed by atoms with Crippen LogP contribution in [0.1, 0.15) is 31.9 Å². The number of nitrogens with one attached hydrogen (secondary N) is 1. The SMILES string of the molecule is Cc1ccc(N(CC(=O)N[C@H](C)C(C)C)S(=O)(=O)c2ccc(Cl)cc2)cc1C. The van der Waals surface area contributed by atoms with Crippen LogP contribution in [-0.4, -0.2) is 26.9 Å². The predicted molar refractivity (Wildman–Crippen MR) is 114 cm³/mol. The number of carbonyl (C=O) groups excluding carboxylic acids is 1. The molecule has 2 aromatic carbocycles. The zero-order chi connectivity index (χ0) is 21.1. The van der Waals surface area contributed by atoms with Gasteiger partial charge >= 0.3 is 0 Å². The van der Waals surface area contributed by atoms with Crippen LogP contribution in [0.3, 0.4) is 0 Å². The number of hydrogen-bond acceptors (Lipinski definition) is 3. The van der Waals surface area contributed by atoms with E-state index in [4.69, 9.17) is 11.6 Å². The molecule has 0 unspecified atom stereocenters. The van der Waals surface area contributed by atoms with E-state index < -0.39 is 10.0 Å². The van der Waals surface area contributed by atoms with E-state index in [2.05, 4.69) is 5.32 Å². The minimum absolute atomic E-state index is 0.0626. The second-order valence-corrected chi connectivity index (χ2v) is 9.63. The van der Waals surface area contributed by atoms with Crippen molar-refractivity contribution in [2.45, 2.75) is 45.6 Å². The van der Waals surface area contributed by atoms with Crippen molar-refractivity contribution in [3.05, 3.63) is 58.6 Å². The summed E-state index contributed by atoms with van der Waals surface area (Å²) in [6.45, 7) is 9.45. The van der Waals surface area contributed by atoms with Gasteiger partial charge in [0.2, 0.25) is 5.91 Å². The van der Waals surface area contributed by atoms with Gasteiger partial charge in [0.05, 0.1) is 10.6 Å². The maximum atomic E-state index is 13.3. The number of amides is 1. The number of hydrogen-bond donors (Lipinski definition) is 1. The monoisotopic (exact) mass is 422 g/mol. The van der Waals surface area contributed by atoms with E-state index in [0.717, 1.165) is 15.4 Å². The second kappa shape index (κ2) is 8.97. The van der Waals surface area contributed by atoms with Gasteiger partial charge in [0, 0.05) is 11.1 Å². The molecular formula is C21H27ClN2O3S. The Morgan fingerprint density at radius 3 is 2.18 bits per heavy atom. The van der Waals surface area contributed by atoms with Crippen molar-refractivity contribution < 1.29 is 13.2 Å². The topological polar surface area (TPSA) is 66.5 Å². The Kier molecular flexibility index (Phi) is 7.12. The molecule has 1 atom stereocenters. The van der Waals surface area contributed by atoms with Crippen molar-refractivity contribution in [2.24, 2.45) is 5.92 Å². The Hall–Kier alpha value is -2.05. The molecule has 0 saturated carbocycles. The minimum Gasteiger partial charge on any atom is -0.352 e. The maximum Gasteiger partial charge on any atom is 0.264 e. The van der Waals surface area contributed by atoms with Crippen molar-refractivity contribution in [3.63, 3.8) is 0 Å². The van der Waals surface area contributed by atoms with E-state index in [9.17, 15) is 13.2 Å². The normalized spacial score (nSPS) is 12.7. The molecule has 2 rings (SSSR count). The molecule has 0 aliphatic rings. The summed E-state index contributed by atoms with van der Waals surface area (Å²) in [4.78, 5) is 12.7. The lowest BCUT2D eigenvalue weighted by Crippen LogP contribution is -2.45. The first-order chi connectivity index (χ1) is 13.0. The molecule has 0 aromatic heterocycles. The first kappa shape index (κ1) is 22.2. The first-order valence-electron chi connectivity index (χ1n) is 9.17. The number of benzene rings is 2. The van der Waals surface area contributed by atoms with E-state index >= 15 is 0 Å². The predicted octanol–water partition coefficient (Wildman–Crippen LogP) is 4.31. The third-order valence-electron chi connectivity index (χ3n) is 4.86. The summed E-state index contributed by atoms with van der Waals surface area (Å²) in [5.74, 6) is -0.108. The smallest absolute Gasteiger partial charge is 0.264 e. The van der Waals surface area contributed by atoms with Crippen molar-refractivity contribution in [1.82, 2.24) is 5.32 Å². The van der Waals surface area contributed by atoms with Crippen LogP contribution >= 0.6 is 11.6 Å². The fourth-order valence-electron chi connectivity index (χ4n) is 2.53. The van der Waals surface area contributed by atoms with Crippen LogP contribution in [0.2, 0.25) is 5.02 Å². The molecule has 0 radical (unpaired) electrons. The molecule has 0 aliphatic carbocycles. The quantitative estimate of drug-likeness (QED) is 0.722. The van der Waals surface area contributed by atoms with Gasteiger partial charge in [-0.3, -0.25) is 9.10 Å². The van der Waals surface area contributed by atoms with Crippen LogP contribution in [0.15, 0.2) is 47.4 Å². The summed E-state index contributed by atoms with van der Waals surface area (Å²) in [6.07, 6.45) is 0. The number of carbonyl (C=O) groups is 1. The van der Waals surface area contributed by atoms with Gasteiger partial charge in [-0.2, -0.15) is 0 Å². The van der Waals surface area contributed by atoms with Crippen LogP contribution in [0.4, 0.5) is 5.69 Å². The van der Waals surface area contributed by atoms with Crippen molar-refractivity contribution in [2.75, 3.05) is 10.8 Å². The van der Waals surface area contributed by atoms with Crippen LogP contribution in [-0.2, 0) is 14.8 Å². The van der Waals surface area contributed by atoms with Crippen LogP contribution in [0.5, 0.6) is 0 Å². The second-order valence-electron chi connectivity index (χ2n) is 7.33. The third-order valence-corrected chi connectivity index (χ3v) is 6.90. The van der Waals surface area contributed by atoms with E-state index in [0.29, 0.717) is 10.7 Å². The van der Waals surface area contributed by atoms with Gasteiger partial charge in [-0.15, -0.1) is 0 Å². The van der Waals surface area contributed by atoms with E-state index in [1.54, 1.807) is 12.1 Å². The van der Waals surface area contributed by atoms with Crippen LogP contribution in [0, 0.1) is 19.8 Å². The number of anilines is 1. The van der Waals surface area contributed by atoms with Gasteiger partial charge in [-0.1, -0.05) is 31.5 Å². The number of aryl methyl sites for hydroxylation is 2. The number of nitrogens with zero attached hydrogens (tertiary/aromatic N) is 1. The highest BCUT2D eigenvalue weighted by molar-refractivity contribution is 7.92. The van der Waals surface area contributed by atoms with Gasteiger partial charge < -0.3 is 5.32 Å². The Morgan fingerprint density at radius 1 is 1.04 bits per heavy atom. The highest BCUT2D eigenvalue weighted by Crippen LogP contribution is 2.26. The summed E-state index contributed by atoms with van der Waals surface area (Å²) in [7, 11) is -3.94. The lowest BCUT2D eigenvalue weighted by molar-refractivity contribution is -0.120. The molecule has 0 saturated heterocycles. The minimum atomic E-state index is -3.94. The summed E-state index contributed by atoms with van der Waals surface area (Å²) >= 11 is 5.90. The third kappa shape index (κ3) is 5.26. The Labute approximate surface area is 172 Å². The molecule has 0 bridgehead atoms. The van der Waals surface area contributed by atoms with Gasteiger partial charge in [0.15, 0.2) is 0 Å².